The van der Waals surface area contributed by atoms with Crippen molar-refractivity contribution in [1.82, 2.24) is 0 Å². The molecule has 3 atom stereocenters. The summed E-state index contributed by atoms with van der Waals surface area (Å²) in [4.78, 5) is 22.0. The molecule has 2 bridgehead atoms. The van der Waals surface area contributed by atoms with Crippen LogP contribution in [0.1, 0.15) is 111 Å². The van der Waals surface area contributed by atoms with Crippen molar-refractivity contribution in [3.8, 4) is 0 Å². The summed E-state index contributed by atoms with van der Waals surface area (Å²) in [6, 6.07) is 0. The predicted octanol–water partition coefficient (Wildman–Crippen LogP) is 7.57. The van der Waals surface area contributed by atoms with Crippen molar-refractivity contribution in [2.24, 2.45) is 16.7 Å². The molecule has 2 rings (SSSR count). The number of ether oxygens (including phenoxy) is 2. The lowest BCUT2D eigenvalue weighted by molar-refractivity contribution is -0.150. The monoisotopic (exact) mass is 448 g/mol. The van der Waals surface area contributed by atoms with Gasteiger partial charge in [0, 0.05) is 17.6 Å². The number of carbonyl (C=O) groups excluding carboxylic acids is 2. The minimum atomic E-state index is -0.305. The Bertz CT molecular complexity index is 594. The lowest BCUT2D eigenvalue weighted by Crippen LogP contribution is -2.38. The van der Waals surface area contributed by atoms with E-state index < -0.39 is 0 Å². The normalized spacial score (nSPS) is 24.9. The number of fused-ring (bicyclic) bond motifs is 2. The molecule has 0 saturated heterocycles. The number of hydrogen-bond acceptors (Lipinski definition) is 4. The van der Waals surface area contributed by atoms with Crippen LogP contribution < -0.4 is 0 Å². The van der Waals surface area contributed by atoms with Crippen LogP contribution in [0.15, 0.2) is 25.3 Å². The first kappa shape index (κ1) is 28.5. The van der Waals surface area contributed by atoms with Gasteiger partial charge in [-0.05, 0) is 37.0 Å². The Labute approximate surface area is 197 Å². The Morgan fingerprint density at radius 3 is 1.84 bits per heavy atom. The first-order valence-electron chi connectivity index (χ1n) is 12.8. The fraction of sp³-hybridized carbons (Fsp3) is 0.786. The summed E-state index contributed by atoms with van der Waals surface area (Å²) in [7, 11) is 0. The van der Waals surface area contributed by atoms with E-state index >= 15 is 0 Å². The molecule has 0 aliphatic heterocycles. The molecule has 0 aromatic heterocycles. The quantitative estimate of drug-likeness (QED) is 0.156. The third-order valence-corrected chi connectivity index (χ3v) is 8.05. The van der Waals surface area contributed by atoms with Crippen molar-refractivity contribution < 1.29 is 19.1 Å². The molecule has 0 N–H and O–H groups in total. The summed E-state index contributed by atoms with van der Waals surface area (Å²) in [5, 5.41) is 0. The van der Waals surface area contributed by atoms with Crippen LogP contribution in [0.25, 0.3) is 0 Å². The van der Waals surface area contributed by atoms with Crippen LogP contribution in [-0.4, -0.2) is 24.6 Å². The molecule has 0 aromatic rings. The van der Waals surface area contributed by atoms with E-state index in [2.05, 4.69) is 40.9 Å². The minimum absolute atomic E-state index is 0.0942. The van der Waals surface area contributed by atoms with Gasteiger partial charge in [0.15, 0.2) is 0 Å². The van der Waals surface area contributed by atoms with Gasteiger partial charge < -0.3 is 9.47 Å². The zero-order valence-corrected chi connectivity index (χ0v) is 21.3. The van der Waals surface area contributed by atoms with Crippen LogP contribution in [0.3, 0.4) is 0 Å². The highest BCUT2D eigenvalue weighted by atomic mass is 16.5. The number of rotatable bonds is 14. The largest absolute Gasteiger partial charge is 0.463 e. The average Bonchev–Trinajstić information content (AvgIpc) is 3.11. The number of unbranched alkanes of at least 4 members (excludes halogenated alkanes) is 9. The Kier molecular flexibility index (Phi) is 12.9. The fourth-order valence-corrected chi connectivity index (χ4v) is 5.32. The molecule has 2 aliphatic carbocycles. The highest BCUT2D eigenvalue weighted by molar-refractivity contribution is 5.81. The summed E-state index contributed by atoms with van der Waals surface area (Å²) >= 11 is 0. The summed E-state index contributed by atoms with van der Waals surface area (Å²) in [5.41, 5.74) is 0.468. The maximum Gasteiger partial charge on any atom is 0.330 e. The molecule has 3 unspecified atom stereocenters. The van der Waals surface area contributed by atoms with Crippen LogP contribution in [0, 0.1) is 16.7 Å². The fourth-order valence-electron chi connectivity index (χ4n) is 5.32. The Morgan fingerprint density at radius 1 is 0.875 bits per heavy atom. The highest BCUT2D eigenvalue weighted by Crippen LogP contribution is 2.66. The lowest BCUT2D eigenvalue weighted by atomic mass is 9.70. The van der Waals surface area contributed by atoms with Crippen molar-refractivity contribution >= 4 is 11.9 Å². The van der Waals surface area contributed by atoms with Gasteiger partial charge in [-0.3, -0.25) is 0 Å². The Balaban J connectivity index is 0.000000321. The second kappa shape index (κ2) is 14.5. The van der Waals surface area contributed by atoms with E-state index in [9.17, 15) is 9.59 Å². The highest BCUT2D eigenvalue weighted by Gasteiger charge is 2.62. The third kappa shape index (κ3) is 8.41. The molecular weight excluding hydrogens is 400 g/mol. The van der Waals surface area contributed by atoms with Gasteiger partial charge >= 0.3 is 11.9 Å². The van der Waals surface area contributed by atoms with Gasteiger partial charge in [-0.25, -0.2) is 9.59 Å². The Hall–Kier alpha value is -1.58. The molecule has 2 saturated carbocycles. The van der Waals surface area contributed by atoms with Crippen molar-refractivity contribution in [3.05, 3.63) is 25.3 Å². The van der Waals surface area contributed by atoms with Crippen molar-refractivity contribution in [2.45, 2.75) is 117 Å². The lowest BCUT2D eigenvalue weighted by Gasteiger charge is -2.38. The maximum atomic E-state index is 11.3. The summed E-state index contributed by atoms with van der Waals surface area (Å²) in [6.45, 7) is 16.5. The summed E-state index contributed by atoms with van der Waals surface area (Å²) in [5.74, 6) is 0.135. The van der Waals surface area contributed by atoms with Crippen LogP contribution in [0.2, 0.25) is 0 Å². The van der Waals surface area contributed by atoms with E-state index in [4.69, 9.17) is 9.47 Å². The Morgan fingerprint density at radius 2 is 1.41 bits per heavy atom. The van der Waals surface area contributed by atoms with Crippen molar-refractivity contribution in [2.75, 3.05) is 6.61 Å². The second-order valence-electron chi connectivity index (χ2n) is 10.3. The zero-order chi connectivity index (χ0) is 24.0. The van der Waals surface area contributed by atoms with Gasteiger partial charge in [0.1, 0.15) is 6.10 Å². The number of carbonyl (C=O) groups is 2. The summed E-state index contributed by atoms with van der Waals surface area (Å²) in [6.07, 6.45) is 19.0. The van der Waals surface area contributed by atoms with E-state index in [0.29, 0.717) is 17.9 Å². The molecule has 0 radical (unpaired) electrons. The molecule has 0 heterocycles. The smallest absolute Gasteiger partial charge is 0.330 e. The first-order chi connectivity index (χ1) is 15.2. The SMILES string of the molecule is C=CC(=O)OC1CC2CCC1(C)C2(C)C.C=CC(=O)OCCCCCCCCCCCC. The first-order valence-corrected chi connectivity index (χ1v) is 12.8. The topological polar surface area (TPSA) is 52.6 Å². The van der Waals surface area contributed by atoms with E-state index in [0.717, 1.165) is 12.8 Å². The number of esters is 2. The summed E-state index contributed by atoms with van der Waals surface area (Å²) < 4.78 is 10.4. The maximum absolute atomic E-state index is 11.3. The van der Waals surface area contributed by atoms with E-state index in [1.165, 1.54) is 82.8 Å². The minimum Gasteiger partial charge on any atom is -0.463 e. The number of hydrogen-bond donors (Lipinski definition) is 0. The van der Waals surface area contributed by atoms with E-state index in [1.54, 1.807) is 0 Å². The predicted molar refractivity (Wildman–Crippen MR) is 132 cm³/mol. The molecule has 0 aromatic carbocycles. The molecule has 0 amide bonds. The van der Waals surface area contributed by atoms with E-state index in [1.807, 2.05) is 0 Å². The van der Waals surface area contributed by atoms with Gasteiger partial charge in [-0.1, -0.05) is 98.6 Å². The van der Waals surface area contributed by atoms with Gasteiger partial charge in [0.25, 0.3) is 0 Å². The molecular formula is C28H48O4. The zero-order valence-electron chi connectivity index (χ0n) is 21.3. The van der Waals surface area contributed by atoms with Crippen LogP contribution in [-0.2, 0) is 19.1 Å². The molecule has 2 aliphatic rings. The average molecular weight is 449 g/mol. The van der Waals surface area contributed by atoms with Crippen molar-refractivity contribution in [1.29, 1.82) is 0 Å². The van der Waals surface area contributed by atoms with Gasteiger partial charge in [0.2, 0.25) is 0 Å². The molecule has 4 nitrogen and oxygen atoms in total. The van der Waals surface area contributed by atoms with Gasteiger partial charge in [0.05, 0.1) is 6.61 Å². The van der Waals surface area contributed by atoms with E-state index in [-0.39, 0.29) is 23.5 Å². The van der Waals surface area contributed by atoms with Gasteiger partial charge in [-0.15, -0.1) is 0 Å². The van der Waals surface area contributed by atoms with Crippen LogP contribution >= 0.6 is 0 Å². The molecule has 2 fully saturated rings. The van der Waals surface area contributed by atoms with Crippen LogP contribution in [0.5, 0.6) is 0 Å². The molecule has 0 spiro atoms. The second-order valence-corrected chi connectivity index (χ2v) is 10.3. The van der Waals surface area contributed by atoms with Crippen LogP contribution in [0.4, 0.5) is 0 Å². The molecule has 184 valence electrons. The molecule has 4 heteroatoms. The third-order valence-electron chi connectivity index (χ3n) is 8.05. The van der Waals surface area contributed by atoms with Gasteiger partial charge in [-0.2, -0.15) is 0 Å². The van der Waals surface area contributed by atoms with Crippen molar-refractivity contribution in [3.63, 3.8) is 0 Å². The molecule has 32 heavy (non-hydrogen) atoms. The standard InChI is InChI=1S/C15H28O2.C13H20O2/c1-3-5-6-7-8-9-10-11-12-13-14-17-15(16)4-2;1-5-11(14)15-10-8-9-6-7-13(10,4)12(9,2)3/h4H,2-3,5-14H2,1H3;5,9-10H,1,6-8H2,2-4H3.